The van der Waals surface area contributed by atoms with Crippen LogP contribution in [0.2, 0.25) is 0 Å². The molecule has 0 saturated carbocycles. The number of hydrogen-bond donors (Lipinski definition) is 1. The number of para-hydroxylation sites is 1. The topological polar surface area (TPSA) is 62.5 Å². The summed E-state index contributed by atoms with van der Waals surface area (Å²) in [6.07, 6.45) is 0. The largest absolute Gasteiger partial charge is 0.299 e. The van der Waals surface area contributed by atoms with Crippen LogP contribution in [0.1, 0.15) is 11.3 Å². The molecule has 0 spiro atoms. The number of aryl methyl sites for hydroxylation is 2. The number of benzene rings is 2. The Morgan fingerprint density at radius 1 is 1.04 bits per heavy atom. The Morgan fingerprint density at radius 2 is 1.78 bits per heavy atom. The van der Waals surface area contributed by atoms with Crippen molar-refractivity contribution in [2.24, 2.45) is 10.2 Å². The van der Waals surface area contributed by atoms with E-state index in [1.165, 1.54) is 4.68 Å². The van der Waals surface area contributed by atoms with Crippen LogP contribution >= 0.6 is 22.6 Å². The number of azo groups is 1. The van der Waals surface area contributed by atoms with E-state index in [1.807, 2.05) is 62.4 Å². The van der Waals surface area contributed by atoms with E-state index in [-0.39, 0.29) is 5.56 Å². The summed E-state index contributed by atoms with van der Waals surface area (Å²) < 4.78 is 2.62. The van der Waals surface area contributed by atoms with Crippen LogP contribution in [-0.2, 0) is 0 Å². The summed E-state index contributed by atoms with van der Waals surface area (Å²) >= 11 is 2.25. The molecule has 0 fully saturated rings. The second kappa shape index (κ2) is 6.49. The van der Waals surface area contributed by atoms with E-state index >= 15 is 0 Å². The first-order chi connectivity index (χ1) is 11.1. The number of halogens is 1. The van der Waals surface area contributed by atoms with Gasteiger partial charge in [0.05, 0.1) is 17.1 Å². The Morgan fingerprint density at radius 3 is 2.48 bits per heavy atom. The SMILES string of the molecule is Cc1cc(I)ccc1N=Nc1c(C)[nH]n(-c2ccccc2)c1=O. The predicted octanol–water partition coefficient (Wildman–Crippen LogP) is 4.80. The zero-order valence-corrected chi connectivity index (χ0v) is 14.9. The van der Waals surface area contributed by atoms with Gasteiger partial charge >= 0.3 is 0 Å². The maximum Gasteiger partial charge on any atom is 0.299 e. The molecule has 0 saturated heterocycles. The van der Waals surface area contributed by atoms with E-state index in [9.17, 15) is 4.79 Å². The van der Waals surface area contributed by atoms with Crippen LogP contribution in [0.4, 0.5) is 11.4 Å². The summed E-state index contributed by atoms with van der Waals surface area (Å²) in [6, 6.07) is 15.3. The van der Waals surface area contributed by atoms with Crippen molar-refractivity contribution >= 4 is 34.0 Å². The van der Waals surface area contributed by atoms with Gasteiger partial charge in [-0.25, -0.2) is 4.68 Å². The number of aromatic nitrogens is 2. The van der Waals surface area contributed by atoms with Crippen molar-refractivity contribution in [2.45, 2.75) is 13.8 Å². The molecule has 1 heterocycles. The fourth-order valence-electron chi connectivity index (χ4n) is 2.25. The van der Waals surface area contributed by atoms with Gasteiger partial charge in [0, 0.05) is 3.57 Å². The average Bonchev–Trinajstić information content (AvgIpc) is 2.82. The number of H-pyrrole nitrogens is 1. The summed E-state index contributed by atoms with van der Waals surface area (Å²) in [4.78, 5) is 12.5. The molecule has 0 radical (unpaired) electrons. The summed E-state index contributed by atoms with van der Waals surface area (Å²) in [6.45, 7) is 3.79. The Bertz CT molecular complexity index is 926. The fraction of sp³-hybridized carbons (Fsp3) is 0.118. The van der Waals surface area contributed by atoms with E-state index < -0.39 is 0 Å². The first-order valence-electron chi connectivity index (χ1n) is 7.11. The second-order valence-electron chi connectivity index (χ2n) is 5.19. The summed E-state index contributed by atoms with van der Waals surface area (Å²) in [5.41, 5.74) is 3.36. The number of rotatable bonds is 3. The fourth-order valence-corrected chi connectivity index (χ4v) is 2.90. The molecule has 0 aliphatic heterocycles. The zero-order chi connectivity index (χ0) is 16.4. The van der Waals surface area contributed by atoms with Gasteiger partial charge in [-0.3, -0.25) is 9.89 Å². The monoisotopic (exact) mass is 418 g/mol. The molecule has 0 amide bonds. The highest BCUT2D eigenvalue weighted by Crippen LogP contribution is 2.23. The van der Waals surface area contributed by atoms with Crippen LogP contribution in [0.5, 0.6) is 0 Å². The summed E-state index contributed by atoms with van der Waals surface area (Å²) in [5.74, 6) is 0. The Kier molecular flexibility index (Phi) is 4.42. The third-order valence-corrected chi connectivity index (χ3v) is 4.14. The van der Waals surface area contributed by atoms with Crippen molar-refractivity contribution in [1.29, 1.82) is 0 Å². The van der Waals surface area contributed by atoms with E-state index in [0.717, 1.165) is 20.5 Å². The highest BCUT2D eigenvalue weighted by atomic mass is 127. The second-order valence-corrected chi connectivity index (χ2v) is 6.44. The minimum atomic E-state index is -0.208. The lowest BCUT2D eigenvalue weighted by atomic mass is 10.2. The molecular formula is C17H15IN4O. The summed E-state index contributed by atoms with van der Waals surface area (Å²) in [5, 5.41) is 11.4. The lowest BCUT2D eigenvalue weighted by molar-refractivity contribution is 0.835. The van der Waals surface area contributed by atoms with Gasteiger partial charge in [0.2, 0.25) is 0 Å². The zero-order valence-electron chi connectivity index (χ0n) is 12.7. The minimum absolute atomic E-state index is 0.208. The first kappa shape index (κ1) is 15.7. The van der Waals surface area contributed by atoms with Crippen LogP contribution < -0.4 is 5.56 Å². The first-order valence-corrected chi connectivity index (χ1v) is 8.19. The number of aromatic amines is 1. The highest BCUT2D eigenvalue weighted by Gasteiger charge is 2.11. The molecule has 116 valence electrons. The van der Waals surface area contributed by atoms with E-state index in [2.05, 4.69) is 37.9 Å². The standard InChI is InChI=1S/C17H15IN4O/c1-11-10-13(18)8-9-15(11)19-20-16-12(2)21-22(17(16)23)14-6-4-3-5-7-14/h3-10,21H,1-2H3. The van der Waals surface area contributed by atoms with Gasteiger partial charge in [-0.15, -0.1) is 5.11 Å². The van der Waals surface area contributed by atoms with E-state index in [1.54, 1.807) is 0 Å². The molecule has 23 heavy (non-hydrogen) atoms. The molecule has 2 aromatic carbocycles. The normalized spacial score (nSPS) is 11.3. The van der Waals surface area contributed by atoms with Gasteiger partial charge < -0.3 is 0 Å². The van der Waals surface area contributed by atoms with Gasteiger partial charge in [-0.2, -0.15) is 5.11 Å². The van der Waals surface area contributed by atoms with Crippen LogP contribution in [0.15, 0.2) is 63.6 Å². The molecule has 3 rings (SSSR count). The Hall–Kier alpha value is -2.22. The molecule has 6 heteroatoms. The summed E-state index contributed by atoms with van der Waals surface area (Å²) in [7, 11) is 0. The van der Waals surface area contributed by atoms with Crippen molar-refractivity contribution in [3.63, 3.8) is 0 Å². The molecule has 1 aromatic heterocycles. The van der Waals surface area contributed by atoms with Crippen LogP contribution in [0.25, 0.3) is 5.69 Å². The molecule has 0 aliphatic carbocycles. The van der Waals surface area contributed by atoms with Crippen molar-refractivity contribution in [3.05, 3.63) is 73.7 Å². The highest BCUT2D eigenvalue weighted by molar-refractivity contribution is 14.1. The lowest BCUT2D eigenvalue weighted by Gasteiger charge is -1.99. The third-order valence-electron chi connectivity index (χ3n) is 3.47. The Balaban J connectivity index is 2.00. The number of hydrogen-bond acceptors (Lipinski definition) is 3. The van der Waals surface area contributed by atoms with E-state index in [4.69, 9.17) is 0 Å². The molecule has 3 aromatic rings. The van der Waals surface area contributed by atoms with Gasteiger partial charge in [-0.1, -0.05) is 18.2 Å². The van der Waals surface area contributed by atoms with E-state index in [0.29, 0.717) is 11.4 Å². The van der Waals surface area contributed by atoms with Gasteiger partial charge in [0.15, 0.2) is 5.69 Å². The molecule has 1 N–H and O–H groups in total. The van der Waals surface area contributed by atoms with Crippen LogP contribution in [0, 0.1) is 17.4 Å². The average molecular weight is 418 g/mol. The third kappa shape index (κ3) is 3.26. The minimum Gasteiger partial charge on any atom is -0.293 e. The number of nitrogens with one attached hydrogen (secondary N) is 1. The van der Waals surface area contributed by atoms with Crippen molar-refractivity contribution in [2.75, 3.05) is 0 Å². The number of nitrogens with zero attached hydrogens (tertiary/aromatic N) is 3. The quantitative estimate of drug-likeness (QED) is 0.482. The van der Waals surface area contributed by atoms with Gasteiger partial charge in [-0.05, 0) is 72.3 Å². The lowest BCUT2D eigenvalue weighted by Crippen LogP contribution is -2.13. The Labute approximate surface area is 147 Å². The maximum atomic E-state index is 12.5. The van der Waals surface area contributed by atoms with Crippen molar-refractivity contribution < 1.29 is 0 Å². The van der Waals surface area contributed by atoms with Gasteiger partial charge in [0.25, 0.3) is 5.56 Å². The van der Waals surface area contributed by atoms with Crippen LogP contribution in [0.3, 0.4) is 0 Å². The molecule has 0 unspecified atom stereocenters. The maximum absolute atomic E-state index is 12.5. The van der Waals surface area contributed by atoms with Crippen molar-refractivity contribution in [3.8, 4) is 5.69 Å². The van der Waals surface area contributed by atoms with Gasteiger partial charge in [0.1, 0.15) is 0 Å². The molecule has 0 atom stereocenters. The molecule has 5 nitrogen and oxygen atoms in total. The molecule has 0 bridgehead atoms. The predicted molar refractivity (Wildman–Crippen MR) is 99.2 cm³/mol. The smallest absolute Gasteiger partial charge is 0.293 e. The molecule has 0 aliphatic rings. The van der Waals surface area contributed by atoms with Crippen LogP contribution in [-0.4, -0.2) is 9.78 Å². The van der Waals surface area contributed by atoms with Crippen molar-refractivity contribution in [1.82, 2.24) is 9.78 Å². The molecular weight excluding hydrogens is 403 g/mol.